The molecule has 0 aromatic carbocycles. The van der Waals surface area contributed by atoms with Gasteiger partial charge in [-0.05, 0) is 45.9 Å². The summed E-state index contributed by atoms with van der Waals surface area (Å²) in [5.41, 5.74) is 2.86. The molecule has 5 heteroatoms. The van der Waals surface area contributed by atoms with Gasteiger partial charge >= 0.3 is 5.97 Å². The van der Waals surface area contributed by atoms with Gasteiger partial charge in [-0.15, -0.1) is 0 Å². The molecule has 1 spiro atoms. The topological polar surface area (TPSA) is 48.0 Å². The van der Waals surface area contributed by atoms with Crippen LogP contribution < -0.4 is 0 Å². The predicted molar refractivity (Wildman–Crippen MR) is 96.1 cm³/mol. The van der Waals surface area contributed by atoms with Crippen molar-refractivity contribution < 1.29 is 19.0 Å². The molecular weight excluding hydrogens is 330 g/mol. The second-order valence-corrected chi connectivity index (χ2v) is 8.23. The summed E-state index contributed by atoms with van der Waals surface area (Å²) >= 11 is 0. The number of hydrogen-bond acceptors (Lipinski definition) is 5. The highest BCUT2D eigenvalue weighted by Gasteiger charge is 2.66. The fourth-order valence-corrected chi connectivity index (χ4v) is 6.11. The van der Waals surface area contributed by atoms with Gasteiger partial charge in [-0.25, -0.2) is 0 Å². The third-order valence-corrected chi connectivity index (χ3v) is 7.04. The summed E-state index contributed by atoms with van der Waals surface area (Å²) < 4.78 is 18.2. The van der Waals surface area contributed by atoms with Crippen molar-refractivity contribution in [2.75, 3.05) is 20.2 Å². The maximum Gasteiger partial charge on any atom is 0.303 e. The lowest BCUT2D eigenvalue weighted by Crippen LogP contribution is -2.61. The molecule has 0 unspecified atom stereocenters. The van der Waals surface area contributed by atoms with Crippen LogP contribution in [-0.2, 0) is 19.0 Å². The Labute approximate surface area is 154 Å². The van der Waals surface area contributed by atoms with E-state index < -0.39 is 0 Å². The zero-order valence-corrected chi connectivity index (χ0v) is 15.8. The summed E-state index contributed by atoms with van der Waals surface area (Å²) in [6, 6.07) is 0.510. The molecule has 5 aliphatic rings. The Bertz CT molecular complexity index is 751. The first-order valence-electron chi connectivity index (χ1n) is 9.87. The normalized spacial score (nSPS) is 40.3. The SMILES string of the molecule is CCOC1=C2O[C@H]3[C@@H](OC(C)=O)C=C[C@H]4[C@H]5CC(=C2[C@]43CCN5C)CC1. The van der Waals surface area contributed by atoms with Crippen molar-refractivity contribution in [2.24, 2.45) is 11.3 Å². The van der Waals surface area contributed by atoms with E-state index in [-0.39, 0.29) is 23.6 Å². The van der Waals surface area contributed by atoms with Crippen LogP contribution in [0.1, 0.15) is 39.5 Å². The number of esters is 1. The molecule has 0 N–H and O–H groups in total. The fourth-order valence-electron chi connectivity index (χ4n) is 6.11. The molecule has 5 nitrogen and oxygen atoms in total. The Balaban J connectivity index is 1.69. The summed E-state index contributed by atoms with van der Waals surface area (Å²) in [4.78, 5) is 14.2. The summed E-state index contributed by atoms with van der Waals surface area (Å²) in [7, 11) is 2.24. The van der Waals surface area contributed by atoms with Gasteiger partial charge in [0.2, 0.25) is 0 Å². The van der Waals surface area contributed by atoms with E-state index in [1.54, 1.807) is 0 Å². The first-order valence-corrected chi connectivity index (χ1v) is 9.87. The van der Waals surface area contributed by atoms with E-state index in [9.17, 15) is 4.79 Å². The lowest BCUT2D eigenvalue weighted by atomic mass is 9.52. The number of piperidine rings is 1. The van der Waals surface area contributed by atoms with Crippen LogP contribution in [0.25, 0.3) is 0 Å². The molecule has 2 fully saturated rings. The van der Waals surface area contributed by atoms with E-state index in [2.05, 4.69) is 24.1 Å². The van der Waals surface area contributed by atoms with Crippen LogP contribution >= 0.6 is 0 Å². The Hall–Kier alpha value is -1.75. The van der Waals surface area contributed by atoms with Crippen molar-refractivity contribution in [3.05, 3.63) is 34.8 Å². The van der Waals surface area contributed by atoms with Crippen LogP contribution in [0.5, 0.6) is 0 Å². The quantitative estimate of drug-likeness (QED) is 0.574. The molecule has 0 saturated carbocycles. The van der Waals surface area contributed by atoms with Gasteiger partial charge in [-0.1, -0.05) is 11.6 Å². The van der Waals surface area contributed by atoms with E-state index in [1.807, 2.05) is 6.92 Å². The van der Waals surface area contributed by atoms with E-state index in [1.165, 1.54) is 18.1 Å². The monoisotopic (exact) mass is 357 g/mol. The van der Waals surface area contributed by atoms with Crippen molar-refractivity contribution >= 4 is 5.97 Å². The summed E-state index contributed by atoms with van der Waals surface area (Å²) in [5.74, 6) is 2.12. The maximum absolute atomic E-state index is 11.7. The van der Waals surface area contributed by atoms with Crippen LogP contribution in [0.2, 0.25) is 0 Å². The number of ether oxygens (including phenoxy) is 3. The van der Waals surface area contributed by atoms with Crippen LogP contribution in [0.3, 0.4) is 0 Å². The van der Waals surface area contributed by atoms with Gasteiger partial charge in [0.25, 0.3) is 0 Å². The summed E-state index contributed by atoms with van der Waals surface area (Å²) in [6.45, 7) is 5.21. The molecule has 3 aliphatic carbocycles. The first kappa shape index (κ1) is 16.4. The minimum Gasteiger partial charge on any atom is -0.494 e. The molecule has 2 bridgehead atoms. The van der Waals surface area contributed by atoms with Gasteiger partial charge in [-0.3, -0.25) is 4.79 Å². The molecule has 0 amide bonds. The third-order valence-electron chi connectivity index (χ3n) is 7.04. The first-order chi connectivity index (χ1) is 12.6. The molecule has 5 rings (SSSR count). The van der Waals surface area contributed by atoms with Gasteiger partial charge in [0.15, 0.2) is 11.9 Å². The van der Waals surface area contributed by atoms with Gasteiger partial charge in [0, 0.05) is 36.3 Å². The molecule has 140 valence electrons. The second-order valence-electron chi connectivity index (χ2n) is 8.23. The van der Waals surface area contributed by atoms with E-state index in [0.717, 1.165) is 43.7 Å². The highest BCUT2D eigenvalue weighted by atomic mass is 16.6. The smallest absolute Gasteiger partial charge is 0.303 e. The molecule has 0 radical (unpaired) electrons. The molecular formula is C21H27NO4. The van der Waals surface area contributed by atoms with Crippen molar-refractivity contribution in [3.63, 3.8) is 0 Å². The maximum atomic E-state index is 11.7. The number of allylic oxidation sites excluding steroid dienone is 2. The highest BCUT2D eigenvalue weighted by molar-refractivity contribution is 5.66. The predicted octanol–water partition coefficient (Wildman–Crippen LogP) is 2.94. The number of likely N-dealkylation sites (tertiary alicyclic amines) is 1. The van der Waals surface area contributed by atoms with Crippen molar-refractivity contribution in [3.8, 4) is 0 Å². The summed E-state index contributed by atoms with van der Waals surface area (Å²) in [5, 5.41) is 0. The fraction of sp³-hybridized carbons (Fsp3) is 0.667. The van der Waals surface area contributed by atoms with Crippen molar-refractivity contribution in [1.82, 2.24) is 4.90 Å². The lowest BCUT2D eigenvalue weighted by Gasteiger charge is -2.57. The number of nitrogens with zero attached hydrogens (tertiary/aromatic N) is 1. The van der Waals surface area contributed by atoms with Crippen LogP contribution in [0, 0.1) is 11.3 Å². The van der Waals surface area contributed by atoms with Crippen molar-refractivity contribution in [1.29, 1.82) is 0 Å². The van der Waals surface area contributed by atoms with E-state index >= 15 is 0 Å². The van der Waals surface area contributed by atoms with E-state index in [4.69, 9.17) is 14.2 Å². The second kappa shape index (κ2) is 5.62. The zero-order chi connectivity index (χ0) is 18.1. The lowest BCUT2D eigenvalue weighted by molar-refractivity contribution is -0.156. The molecule has 0 aromatic rings. The van der Waals surface area contributed by atoms with Gasteiger partial charge in [0.05, 0.1) is 6.61 Å². The average Bonchev–Trinajstić information content (AvgIpc) is 2.96. The van der Waals surface area contributed by atoms with Crippen LogP contribution in [0.15, 0.2) is 34.8 Å². The molecule has 2 heterocycles. The number of carbonyl (C=O) groups excluding carboxylic acids is 1. The minimum absolute atomic E-state index is 0.0717. The molecule has 26 heavy (non-hydrogen) atoms. The highest BCUT2D eigenvalue weighted by Crippen LogP contribution is 2.65. The van der Waals surface area contributed by atoms with Gasteiger partial charge in [0.1, 0.15) is 11.9 Å². The Morgan fingerprint density at radius 1 is 1.38 bits per heavy atom. The average molecular weight is 357 g/mol. The van der Waals surface area contributed by atoms with Crippen LogP contribution in [0.4, 0.5) is 0 Å². The number of rotatable bonds is 3. The Morgan fingerprint density at radius 2 is 2.23 bits per heavy atom. The Morgan fingerprint density at radius 3 is 3.00 bits per heavy atom. The third kappa shape index (κ3) is 1.98. The summed E-state index contributed by atoms with van der Waals surface area (Å²) in [6.07, 6.45) is 8.04. The zero-order valence-electron chi connectivity index (χ0n) is 15.8. The number of carbonyl (C=O) groups is 1. The van der Waals surface area contributed by atoms with Gasteiger partial charge in [-0.2, -0.15) is 0 Å². The standard InChI is InChI=1S/C21H27NO4/c1-4-24-16-7-5-13-11-15-14-6-8-17(25-12(2)23)20-21(14,9-10-22(15)3)18(13)19(16)26-20/h6,8,14-15,17,20H,4-5,7,9-11H2,1-3H3/t14-,15+,17-,20-,21-/m0/s1. The molecule has 5 atom stereocenters. The minimum atomic E-state index is -0.319. The van der Waals surface area contributed by atoms with E-state index in [0.29, 0.717) is 18.6 Å². The van der Waals surface area contributed by atoms with Crippen molar-refractivity contribution in [2.45, 2.75) is 57.8 Å². The largest absolute Gasteiger partial charge is 0.494 e. The number of hydrogen-bond donors (Lipinski definition) is 0. The van der Waals surface area contributed by atoms with Gasteiger partial charge < -0.3 is 19.1 Å². The van der Waals surface area contributed by atoms with Crippen LogP contribution in [-0.4, -0.2) is 49.3 Å². The molecule has 2 saturated heterocycles. The molecule has 0 aromatic heterocycles. The molecule has 2 aliphatic heterocycles. The Kier molecular flexibility index (Phi) is 3.55.